The molecule has 0 saturated heterocycles. The first-order chi connectivity index (χ1) is 4.00. The molecule has 0 aromatic heterocycles. The predicted octanol–water partition coefficient (Wildman–Crippen LogP) is -1.90. The molecule has 0 fully saturated rings. The summed E-state index contributed by atoms with van der Waals surface area (Å²) in [6.45, 7) is -9.33. The average Bonchev–Trinajstić information content (AvgIpc) is 1.12. The summed E-state index contributed by atoms with van der Waals surface area (Å²) in [5, 5.41) is 0. The van der Waals surface area contributed by atoms with Crippen molar-refractivity contribution >= 4 is 36.4 Å². The Morgan fingerprint density at radius 2 is 0.833 bits per heavy atom. The van der Waals surface area contributed by atoms with Crippen molar-refractivity contribution in [2.75, 3.05) is 0 Å². The van der Waals surface area contributed by atoms with Crippen LogP contribution in [0.25, 0.3) is 0 Å². The van der Waals surface area contributed by atoms with Crippen molar-refractivity contribution in [2.24, 2.45) is 0 Å². The van der Waals surface area contributed by atoms with Gasteiger partial charge in [0.15, 0.2) is 0 Å². The van der Waals surface area contributed by atoms with Crippen LogP contribution in [0.5, 0.6) is 0 Å². The van der Waals surface area contributed by atoms with Crippen LogP contribution in [-0.2, 0) is 53.5 Å². The van der Waals surface area contributed by atoms with E-state index in [-0.39, 0.29) is 44.4 Å². The Balaban J connectivity index is -0.0000000457. The van der Waals surface area contributed by atoms with Crippen LogP contribution >= 0.6 is 36.4 Å². The molecule has 69 valence electrons. The predicted molar refractivity (Wildman–Crippen MR) is 26.9 cm³/mol. The molecule has 0 aliphatic carbocycles. The molecule has 0 saturated carbocycles. The van der Waals surface area contributed by atoms with Gasteiger partial charge in [-0.2, -0.15) is 0 Å². The van der Waals surface area contributed by atoms with Crippen LogP contribution in [0.2, 0.25) is 0 Å². The van der Waals surface area contributed by atoms with Crippen LogP contribution < -0.4 is 19.6 Å². The SMILES string of the molecule is O=P([O-])([O-])Cl.O=P([O-])([O-])Cl.[Cd+2].[Mn+2]. The third-order valence-electron chi connectivity index (χ3n) is 0. The normalized spacial score (nSPS) is 9.83. The molecule has 0 aliphatic rings. The van der Waals surface area contributed by atoms with Gasteiger partial charge in [0.1, 0.15) is 0 Å². The van der Waals surface area contributed by atoms with E-state index in [0.717, 1.165) is 0 Å². The van der Waals surface area contributed by atoms with Gasteiger partial charge in [-0.15, -0.1) is 0 Å². The summed E-state index contributed by atoms with van der Waals surface area (Å²) in [5.74, 6) is 0. The Morgan fingerprint density at radius 3 is 0.833 bits per heavy atom. The van der Waals surface area contributed by atoms with E-state index in [4.69, 9.17) is 28.7 Å². The van der Waals surface area contributed by atoms with E-state index in [2.05, 4.69) is 22.5 Å². The Hall–Kier alpha value is 2.32. The molecule has 0 heterocycles. The minimum atomic E-state index is -4.67. The second kappa shape index (κ2) is 9.86. The molecule has 0 unspecified atom stereocenters. The van der Waals surface area contributed by atoms with E-state index in [9.17, 15) is 0 Å². The van der Waals surface area contributed by atoms with Crippen molar-refractivity contribution < 1.29 is 73.1 Å². The van der Waals surface area contributed by atoms with Crippen molar-refractivity contribution in [1.29, 1.82) is 0 Å². The number of hydrogen-bond donors (Lipinski definition) is 0. The number of halogens is 2. The summed E-state index contributed by atoms with van der Waals surface area (Å²) in [5.41, 5.74) is 0. The molecule has 0 atom stereocenters. The molecule has 0 amide bonds. The summed E-state index contributed by atoms with van der Waals surface area (Å²) >= 11 is 7.95. The van der Waals surface area contributed by atoms with Gasteiger partial charge in [-0.1, -0.05) is 22.5 Å². The molecule has 12 heavy (non-hydrogen) atoms. The van der Waals surface area contributed by atoms with Crippen molar-refractivity contribution in [2.45, 2.75) is 0 Å². The summed E-state index contributed by atoms with van der Waals surface area (Å²) in [6.07, 6.45) is 0. The van der Waals surface area contributed by atoms with E-state index >= 15 is 0 Å². The third kappa shape index (κ3) is 293. The van der Waals surface area contributed by atoms with Crippen LogP contribution in [0.4, 0.5) is 0 Å². The largest absolute Gasteiger partial charge is 2.00 e. The van der Waals surface area contributed by atoms with Crippen molar-refractivity contribution in [3.05, 3.63) is 0 Å². The molecule has 0 bridgehead atoms. The van der Waals surface area contributed by atoms with Gasteiger partial charge in [-0.25, -0.2) is 0 Å². The first-order valence-corrected chi connectivity index (χ1v) is 6.33. The van der Waals surface area contributed by atoms with Crippen LogP contribution in [0.3, 0.4) is 0 Å². The van der Waals surface area contributed by atoms with Crippen LogP contribution in [0.15, 0.2) is 0 Å². The fraction of sp³-hybridized carbons (Fsp3) is 0. The fourth-order valence-electron chi connectivity index (χ4n) is 0. The molecule has 12 heteroatoms. The van der Waals surface area contributed by atoms with Gasteiger partial charge in [0, 0.05) is 13.9 Å². The first kappa shape index (κ1) is 23.9. The molecule has 0 N–H and O–H groups in total. The zero-order valence-electron chi connectivity index (χ0n) is 5.18. The van der Waals surface area contributed by atoms with Gasteiger partial charge in [-0.05, 0) is 0 Å². The smallest absolute Gasteiger partial charge is 0.799 e. The molecule has 0 spiro atoms. The minimum Gasteiger partial charge on any atom is -0.799 e. The molecule has 6 nitrogen and oxygen atoms in total. The van der Waals surface area contributed by atoms with E-state index in [1.54, 1.807) is 0 Å². The fourth-order valence-corrected chi connectivity index (χ4v) is 0. The van der Waals surface area contributed by atoms with E-state index in [0.29, 0.717) is 0 Å². The van der Waals surface area contributed by atoms with E-state index < -0.39 is 13.9 Å². The molecule has 0 aliphatic heterocycles. The summed E-state index contributed by atoms with van der Waals surface area (Å²) < 4.78 is 17.7. The number of hydrogen-bond acceptors (Lipinski definition) is 6. The second-order valence-corrected chi connectivity index (χ2v) is 5.07. The van der Waals surface area contributed by atoms with Crippen molar-refractivity contribution in [3.63, 3.8) is 0 Å². The van der Waals surface area contributed by atoms with Crippen molar-refractivity contribution in [1.82, 2.24) is 0 Å². The summed E-state index contributed by atoms with van der Waals surface area (Å²) in [4.78, 5) is 35.5. The van der Waals surface area contributed by atoms with Crippen LogP contribution in [-0.4, -0.2) is 0 Å². The molecule has 0 rings (SSSR count). The summed E-state index contributed by atoms with van der Waals surface area (Å²) in [6, 6.07) is 0. The monoisotopic (exact) mass is 397 g/mol. The van der Waals surface area contributed by atoms with Gasteiger partial charge in [-0.3, -0.25) is 0 Å². The van der Waals surface area contributed by atoms with Crippen LogP contribution in [0.1, 0.15) is 0 Å². The Kier molecular flexibility index (Phi) is 19.6. The van der Waals surface area contributed by atoms with Crippen molar-refractivity contribution in [3.8, 4) is 0 Å². The molecule has 0 aromatic carbocycles. The Bertz CT molecular complexity index is 136. The van der Waals surface area contributed by atoms with E-state index in [1.165, 1.54) is 0 Å². The quantitative estimate of drug-likeness (QED) is 0.348. The van der Waals surface area contributed by atoms with Gasteiger partial charge >= 0.3 is 44.4 Å². The maximum absolute atomic E-state index is 8.87. The average molecular weight is 396 g/mol. The summed E-state index contributed by atoms with van der Waals surface area (Å²) in [7, 11) is 0. The maximum atomic E-state index is 8.87. The van der Waals surface area contributed by atoms with Gasteiger partial charge in [0.2, 0.25) is 0 Å². The topological polar surface area (TPSA) is 126 Å². The zero-order valence-corrected chi connectivity index (χ0v) is 13.7. The molecular weight excluding hydrogens is 396 g/mol. The number of rotatable bonds is 0. The Labute approximate surface area is 109 Å². The zero-order chi connectivity index (χ0) is 9.00. The molecule has 0 aromatic rings. The van der Waals surface area contributed by atoms with Gasteiger partial charge in [0.05, 0.1) is 0 Å². The second-order valence-electron chi connectivity index (χ2n) is 0.861. The molecule has 1 radical (unpaired) electrons. The van der Waals surface area contributed by atoms with E-state index in [1.807, 2.05) is 0 Å². The van der Waals surface area contributed by atoms with Gasteiger partial charge < -0.3 is 28.7 Å². The van der Waals surface area contributed by atoms with Crippen LogP contribution in [0, 0.1) is 0 Å². The third-order valence-corrected chi connectivity index (χ3v) is 0. The maximum Gasteiger partial charge on any atom is 2.00 e. The Morgan fingerprint density at radius 1 is 0.833 bits per heavy atom. The standard InChI is InChI=1S/Cd.2ClH2O3P.Mn/c;2*1-5(2,3)4;/h;2*(H2,2,3,4);/q+2;;;+2/p-4. The first-order valence-electron chi connectivity index (χ1n) is 1.43. The minimum absolute atomic E-state index is 0. The van der Waals surface area contributed by atoms with Gasteiger partial charge in [0.25, 0.3) is 0 Å². The molecular formula is CdCl2MnO6P2.